The van der Waals surface area contributed by atoms with E-state index in [1.165, 1.54) is 16.7 Å². The fraction of sp³-hybridized carbons (Fsp3) is 0.565. The average molecular weight is 477 g/mol. The van der Waals surface area contributed by atoms with Gasteiger partial charge in [-0.3, -0.25) is 14.4 Å². The Morgan fingerprint density at radius 3 is 2.33 bits per heavy atom. The Balaban J connectivity index is 1.77. The molecule has 33 heavy (non-hydrogen) atoms. The second kappa shape index (κ2) is 9.72. The molecule has 0 aliphatic carbocycles. The first-order chi connectivity index (χ1) is 15.5. The van der Waals surface area contributed by atoms with Crippen molar-refractivity contribution in [1.29, 1.82) is 0 Å². The molecule has 5 atom stereocenters. The predicted molar refractivity (Wildman–Crippen MR) is 125 cm³/mol. The molecule has 3 rings (SSSR count). The van der Waals surface area contributed by atoms with Crippen molar-refractivity contribution in [3.63, 3.8) is 0 Å². The summed E-state index contributed by atoms with van der Waals surface area (Å²) in [6.45, 7) is 7.58. The molecule has 0 saturated carbocycles. The van der Waals surface area contributed by atoms with Crippen LogP contribution < -0.4 is 16.0 Å². The predicted octanol–water partition coefficient (Wildman–Crippen LogP) is 1.11. The minimum atomic E-state index is -1.06. The van der Waals surface area contributed by atoms with E-state index in [9.17, 15) is 24.3 Å². The number of nitrogens with zero attached hydrogens (tertiary/aromatic N) is 1. The van der Waals surface area contributed by atoms with Crippen LogP contribution in [0, 0.1) is 5.92 Å². The molecule has 4 N–H and O–H groups in total. The van der Waals surface area contributed by atoms with E-state index in [1.807, 2.05) is 19.9 Å². The van der Waals surface area contributed by atoms with E-state index < -0.39 is 52.1 Å². The van der Waals surface area contributed by atoms with Gasteiger partial charge in [0.15, 0.2) is 0 Å². The first kappa shape index (κ1) is 25.0. The van der Waals surface area contributed by atoms with Crippen molar-refractivity contribution >= 4 is 35.5 Å². The fourth-order valence-corrected chi connectivity index (χ4v) is 6.02. The van der Waals surface area contributed by atoms with Crippen molar-refractivity contribution in [2.75, 3.05) is 7.05 Å². The van der Waals surface area contributed by atoms with Gasteiger partial charge in [0.25, 0.3) is 0 Å². The van der Waals surface area contributed by atoms with E-state index in [2.05, 4.69) is 16.0 Å². The fourth-order valence-electron chi connectivity index (χ4n) is 4.40. The molecule has 2 saturated heterocycles. The Morgan fingerprint density at radius 2 is 1.79 bits per heavy atom. The van der Waals surface area contributed by atoms with Gasteiger partial charge in [-0.1, -0.05) is 44.2 Å². The van der Waals surface area contributed by atoms with Gasteiger partial charge in [-0.15, -0.1) is 11.8 Å². The van der Waals surface area contributed by atoms with E-state index >= 15 is 0 Å². The highest BCUT2D eigenvalue weighted by Gasteiger charge is 2.64. The summed E-state index contributed by atoms with van der Waals surface area (Å²) in [6.07, 6.45) is 0.603. The Bertz CT molecular complexity index is 923. The maximum Gasteiger partial charge on any atom is 0.327 e. The molecule has 0 bridgehead atoms. The molecule has 3 amide bonds. The summed E-state index contributed by atoms with van der Waals surface area (Å²) in [5.74, 6) is -2.03. The molecule has 0 spiro atoms. The number of likely N-dealkylation sites (N-methyl/N-ethyl adjacent to an activating group) is 1. The maximum atomic E-state index is 13.3. The van der Waals surface area contributed by atoms with E-state index in [-0.39, 0.29) is 11.8 Å². The highest BCUT2D eigenvalue weighted by molar-refractivity contribution is 8.01. The van der Waals surface area contributed by atoms with Crippen molar-refractivity contribution in [2.45, 2.75) is 68.4 Å². The standard InChI is InChI=1S/C23H32N4O5S/c1-12(2)11-14(24-5)18(28)25-15(13-9-7-6-8-10-13)19(29)26-16-20(30)27-17(22(31)32)23(3,4)33-21(16)27/h6-10,12,14-17,21,24H,11H2,1-5H3,(H,25,28)(H,26,29)(H,31,32)/t14?,15?,16?,17-,21+/m0/s1. The highest BCUT2D eigenvalue weighted by Crippen LogP contribution is 2.50. The number of benzene rings is 1. The van der Waals surface area contributed by atoms with E-state index in [1.54, 1.807) is 45.2 Å². The van der Waals surface area contributed by atoms with Crippen molar-refractivity contribution < 1.29 is 24.3 Å². The van der Waals surface area contributed by atoms with Crippen molar-refractivity contribution in [3.05, 3.63) is 35.9 Å². The van der Waals surface area contributed by atoms with Crippen LogP contribution in [0.4, 0.5) is 0 Å². The molecular weight excluding hydrogens is 444 g/mol. The van der Waals surface area contributed by atoms with Gasteiger partial charge in [0, 0.05) is 4.75 Å². The molecule has 0 radical (unpaired) electrons. The smallest absolute Gasteiger partial charge is 0.327 e. The maximum absolute atomic E-state index is 13.3. The molecule has 10 heteroatoms. The van der Waals surface area contributed by atoms with Crippen molar-refractivity contribution in [3.8, 4) is 0 Å². The number of carbonyl (C=O) groups excluding carboxylic acids is 3. The average Bonchev–Trinajstić information content (AvgIpc) is 3.02. The number of hydrogen-bond donors (Lipinski definition) is 4. The van der Waals surface area contributed by atoms with Gasteiger partial charge in [-0.25, -0.2) is 4.79 Å². The molecular formula is C23H32N4O5S. The van der Waals surface area contributed by atoms with Crippen LogP contribution in [0.2, 0.25) is 0 Å². The molecule has 2 fully saturated rings. The number of hydrogen-bond acceptors (Lipinski definition) is 6. The molecule has 2 heterocycles. The van der Waals surface area contributed by atoms with Gasteiger partial charge in [-0.05, 0) is 38.8 Å². The first-order valence-corrected chi connectivity index (χ1v) is 11.9. The minimum Gasteiger partial charge on any atom is -0.480 e. The van der Waals surface area contributed by atoms with E-state index in [0.29, 0.717) is 12.0 Å². The molecule has 3 unspecified atom stereocenters. The molecule has 0 aromatic heterocycles. The van der Waals surface area contributed by atoms with Crippen LogP contribution in [0.25, 0.3) is 0 Å². The summed E-state index contributed by atoms with van der Waals surface area (Å²) in [5.41, 5.74) is 0.592. The summed E-state index contributed by atoms with van der Waals surface area (Å²) < 4.78 is -0.685. The monoisotopic (exact) mass is 476 g/mol. The summed E-state index contributed by atoms with van der Waals surface area (Å²) in [4.78, 5) is 52.0. The van der Waals surface area contributed by atoms with Crippen LogP contribution in [-0.2, 0) is 19.2 Å². The molecule has 2 aliphatic rings. The van der Waals surface area contributed by atoms with Gasteiger partial charge in [0.05, 0.1) is 6.04 Å². The Morgan fingerprint density at radius 1 is 1.15 bits per heavy atom. The highest BCUT2D eigenvalue weighted by atomic mass is 32.2. The summed E-state index contributed by atoms with van der Waals surface area (Å²) >= 11 is 1.36. The summed E-state index contributed by atoms with van der Waals surface area (Å²) in [5, 5.41) is 17.7. The number of amides is 3. The number of fused-ring (bicyclic) bond motifs is 1. The number of β-lactam (4-membered cyclic amide) rings is 1. The Labute approximate surface area is 198 Å². The van der Waals surface area contributed by atoms with Crippen LogP contribution in [-0.4, -0.2) is 69.0 Å². The second-order valence-electron chi connectivity index (χ2n) is 9.41. The zero-order valence-electron chi connectivity index (χ0n) is 19.5. The minimum absolute atomic E-state index is 0.278. The van der Waals surface area contributed by atoms with Gasteiger partial charge in [0.2, 0.25) is 17.7 Å². The lowest BCUT2D eigenvalue weighted by Crippen LogP contribution is -2.71. The summed E-state index contributed by atoms with van der Waals surface area (Å²) in [6, 6.07) is 5.59. The quantitative estimate of drug-likeness (QED) is 0.393. The zero-order valence-corrected chi connectivity index (χ0v) is 20.3. The molecule has 180 valence electrons. The number of nitrogens with one attached hydrogen (secondary N) is 3. The van der Waals surface area contributed by atoms with Crippen LogP contribution in [0.3, 0.4) is 0 Å². The lowest BCUT2D eigenvalue weighted by molar-refractivity contribution is -0.161. The Hall–Kier alpha value is -2.59. The van der Waals surface area contributed by atoms with Crippen molar-refractivity contribution in [2.24, 2.45) is 5.92 Å². The first-order valence-electron chi connectivity index (χ1n) is 11.0. The van der Waals surface area contributed by atoms with Crippen LogP contribution in [0.5, 0.6) is 0 Å². The van der Waals surface area contributed by atoms with Crippen LogP contribution in [0.15, 0.2) is 30.3 Å². The second-order valence-corrected chi connectivity index (χ2v) is 11.2. The number of thioether (sulfide) groups is 1. The lowest BCUT2D eigenvalue weighted by Gasteiger charge is -2.44. The molecule has 9 nitrogen and oxygen atoms in total. The topological polar surface area (TPSA) is 128 Å². The largest absolute Gasteiger partial charge is 0.480 e. The lowest BCUT2D eigenvalue weighted by atomic mass is 9.95. The number of carboxylic acid groups (broad SMARTS) is 1. The van der Waals surface area contributed by atoms with E-state index in [4.69, 9.17) is 0 Å². The number of carbonyl (C=O) groups is 4. The SMILES string of the molecule is CNC(CC(C)C)C(=O)NC(C(=O)NC1C(=O)N2[C@@H]1SC(C)(C)[C@@H]2C(=O)O)c1ccccc1. The molecule has 1 aromatic rings. The third-order valence-corrected chi connectivity index (χ3v) is 7.60. The number of aliphatic carboxylic acids is 1. The molecule has 1 aromatic carbocycles. The van der Waals surface area contributed by atoms with Gasteiger partial charge >= 0.3 is 5.97 Å². The van der Waals surface area contributed by atoms with Crippen molar-refractivity contribution in [1.82, 2.24) is 20.9 Å². The van der Waals surface area contributed by atoms with Gasteiger partial charge < -0.3 is 26.0 Å². The number of carboxylic acids is 1. The number of rotatable bonds is 9. The zero-order chi connectivity index (χ0) is 24.5. The summed E-state index contributed by atoms with van der Waals surface area (Å²) in [7, 11) is 1.70. The normalized spacial score (nSPS) is 25.1. The van der Waals surface area contributed by atoms with Gasteiger partial charge in [0.1, 0.15) is 23.5 Å². The van der Waals surface area contributed by atoms with E-state index in [0.717, 1.165) is 0 Å². The van der Waals surface area contributed by atoms with Gasteiger partial charge in [-0.2, -0.15) is 0 Å². The van der Waals surface area contributed by atoms with Crippen LogP contribution in [0.1, 0.15) is 45.7 Å². The third-order valence-electron chi connectivity index (χ3n) is 6.03. The van der Waals surface area contributed by atoms with Crippen LogP contribution >= 0.6 is 11.8 Å². The molecule has 2 aliphatic heterocycles. The third kappa shape index (κ3) is 5.01. The Kier molecular flexibility index (Phi) is 7.38.